The topological polar surface area (TPSA) is 39.4 Å². The maximum atomic E-state index is 5.63. The number of benzene rings is 1. The molecule has 2 heterocycles. The Morgan fingerprint density at radius 1 is 1.17 bits per heavy atom. The molecule has 1 aromatic carbocycles. The van der Waals surface area contributed by atoms with Gasteiger partial charge in [-0.1, -0.05) is 28.1 Å². The van der Waals surface area contributed by atoms with Crippen LogP contribution in [0.1, 0.15) is 5.82 Å². The van der Waals surface area contributed by atoms with Crippen LogP contribution in [0.3, 0.4) is 0 Å². The molecule has 0 saturated heterocycles. The summed E-state index contributed by atoms with van der Waals surface area (Å²) in [5.74, 6) is 1.46. The highest BCUT2D eigenvalue weighted by Gasteiger charge is 2.03. The molecular weight excluding hydrogens is 294 g/mol. The van der Waals surface area contributed by atoms with Gasteiger partial charge in [-0.25, -0.2) is 9.50 Å². The summed E-state index contributed by atoms with van der Waals surface area (Å²) >= 11 is 3.40. The van der Waals surface area contributed by atoms with E-state index in [0.29, 0.717) is 12.4 Å². The monoisotopic (exact) mass is 303 g/mol. The average molecular weight is 304 g/mol. The van der Waals surface area contributed by atoms with Crippen molar-refractivity contribution in [3.63, 3.8) is 0 Å². The predicted molar refractivity (Wildman–Crippen MR) is 71.5 cm³/mol. The number of pyridine rings is 1. The number of halogens is 1. The van der Waals surface area contributed by atoms with Crippen LogP contribution < -0.4 is 4.74 Å². The van der Waals surface area contributed by atoms with Crippen LogP contribution in [-0.4, -0.2) is 14.6 Å². The Balaban J connectivity index is 1.76. The number of aromatic nitrogens is 3. The molecule has 0 radical (unpaired) electrons. The fourth-order valence-corrected chi connectivity index (χ4v) is 2.02. The minimum Gasteiger partial charge on any atom is -0.485 e. The first-order valence-corrected chi connectivity index (χ1v) is 6.29. The summed E-state index contributed by atoms with van der Waals surface area (Å²) < 4.78 is 8.36. The zero-order chi connectivity index (χ0) is 12.4. The van der Waals surface area contributed by atoms with Crippen molar-refractivity contribution in [2.45, 2.75) is 6.61 Å². The third-order valence-electron chi connectivity index (χ3n) is 2.45. The average Bonchev–Trinajstić information content (AvgIpc) is 2.79. The van der Waals surface area contributed by atoms with Crippen LogP contribution in [0.15, 0.2) is 53.1 Å². The maximum Gasteiger partial charge on any atom is 0.189 e. The molecule has 4 nitrogen and oxygen atoms in total. The summed E-state index contributed by atoms with van der Waals surface area (Å²) in [6.45, 7) is 0.359. The lowest BCUT2D eigenvalue weighted by Crippen LogP contribution is -1.98. The molecule has 0 aliphatic rings. The maximum absolute atomic E-state index is 5.63. The molecule has 0 aliphatic heterocycles. The summed E-state index contributed by atoms with van der Waals surface area (Å²) in [6.07, 6.45) is 1.87. The van der Waals surface area contributed by atoms with Gasteiger partial charge in [-0.15, -0.1) is 5.10 Å². The summed E-state index contributed by atoms with van der Waals surface area (Å²) in [5, 5.41) is 4.32. The van der Waals surface area contributed by atoms with Gasteiger partial charge in [0.05, 0.1) is 0 Å². The molecule has 0 aliphatic carbocycles. The predicted octanol–water partition coefficient (Wildman–Crippen LogP) is 3.07. The van der Waals surface area contributed by atoms with Crippen LogP contribution in [0, 0.1) is 0 Å². The molecular formula is C13H10BrN3O. The number of hydrogen-bond acceptors (Lipinski definition) is 3. The molecule has 3 aromatic rings. The normalized spacial score (nSPS) is 10.7. The van der Waals surface area contributed by atoms with E-state index in [1.54, 1.807) is 4.52 Å². The van der Waals surface area contributed by atoms with Crippen LogP contribution in [-0.2, 0) is 6.61 Å². The van der Waals surface area contributed by atoms with E-state index in [2.05, 4.69) is 26.0 Å². The molecule has 90 valence electrons. The Labute approximate surface area is 112 Å². The van der Waals surface area contributed by atoms with Gasteiger partial charge < -0.3 is 4.74 Å². The molecule has 0 spiro atoms. The first-order valence-electron chi connectivity index (χ1n) is 5.50. The fraction of sp³-hybridized carbons (Fsp3) is 0.0769. The van der Waals surface area contributed by atoms with E-state index in [9.17, 15) is 0 Å². The SMILES string of the molecule is Brc1cccc(OCc2nc3ccccn3n2)c1. The van der Waals surface area contributed by atoms with Crippen molar-refractivity contribution >= 4 is 21.6 Å². The zero-order valence-electron chi connectivity index (χ0n) is 9.45. The van der Waals surface area contributed by atoms with Crippen LogP contribution in [0.4, 0.5) is 0 Å². The van der Waals surface area contributed by atoms with Gasteiger partial charge >= 0.3 is 0 Å². The van der Waals surface area contributed by atoms with Gasteiger partial charge in [0.25, 0.3) is 0 Å². The third-order valence-corrected chi connectivity index (χ3v) is 2.94. The molecule has 3 rings (SSSR count). The summed E-state index contributed by atoms with van der Waals surface area (Å²) in [7, 11) is 0. The highest BCUT2D eigenvalue weighted by atomic mass is 79.9. The summed E-state index contributed by atoms with van der Waals surface area (Å²) in [5.41, 5.74) is 0.824. The Kier molecular flexibility index (Phi) is 2.98. The second kappa shape index (κ2) is 4.78. The van der Waals surface area contributed by atoms with Crippen molar-refractivity contribution in [2.24, 2.45) is 0 Å². The molecule has 2 aromatic heterocycles. The van der Waals surface area contributed by atoms with Crippen molar-refractivity contribution in [2.75, 3.05) is 0 Å². The largest absolute Gasteiger partial charge is 0.485 e. The molecule has 0 saturated carbocycles. The van der Waals surface area contributed by atoms with Crippen molar-refractivity contribution in [1.82, 2.24) is 14.6 Å². The number of ether oxygens (including phenoxy) is 1. The minimum absolute atomic E-state index is 0.359. The molecule has 0 unspecified atom stereocenters. The summed E-state index contributed by atoms with van der Waals surface area (Å²) in [6, 6.07) is 13.5. The number of nitrogens with zero attached hydrogens (tertiary/aromatic N) is 3. The molecule has 18 heavy (non-hydrogen) atoms. The lowest BCUT2D eigenvalue weighted by molar-refractivity contribution is 0.296. The van der Waals surface area contributed by atoms with Crippen LogP contribution in [0.2, 0.25) is 0 Å². The highest BCUT2D eigenvalue weighted by molar-refractivity contribution is 9.10. The van der Waals surface area contributed by atoms with Gasteiger partial charge in [-0.05, 0) is 30.3 Å². The van der Waals surface area contributed by atoms with Gasteiger partial charge in [0.2, 0.25) is 0 Å². The van der Waals surface area contributed by atoms with Crippen LogP contribution >= 0.6 is 15.9 Å². The van der Waals surface area contributed by atoms with E-state index in [1.807, 2.05) is 48.7 Å². The lowest BCUT2D eigenvalue weighted by Gasteiger charge is -2.03. The Morgan fingerprint density at radius 3 is 2.94 bits per heavy atom. The fourth-order valence-electron chi connectivity index (χ4n) is 1.64. The second-order valence-electron chi connectivity index (χ2n) is 3.78. The highest BCUT2D eigenvalue weighted by Crippen LogP contribution is 2.18. The molecule has 0 N–H and O–H groups in total. The van der Waals surface area contributed by atoms with E-state index in [4.69, 9.17) is 4.74 Å². The van der Waals surface area contributed by atoms with Crippen LogP contribution in [0.5, 0.6) is 5.75 Å². The van der Waals surface area contributed by atoms with Crippen molar-refractivity contribution in [3.05, 3.63) is 59.0 Å². The van der Waals surface area contributed by atoms with Gasteiger partial charge in [-0.2, -0.15) is 0 Å². The molecule has 0 bridgehead atoms. The molecule has 5 heteroatoms. The Morgan fingerprint density at radius 2 is 2.11 bits per heavy atom. The van der Waals surface area contributed by atoms with Gasteiger partial charge in [0, 0.05) is 10.7 Å². The van der Waals surface area contributed by atoms with Gasteiger partial charge in [-0.3, -0.25) is 0 Å². The smallest absolute Gasteiger partial charge is 0.189 e. The van der Waals surface area contributed by atoms with E-state index in [-0.39, 0.29) is 0 Å². The van der Waals surface area contributed by atoms with E-state index in [0.717, 1.165) is 15.9 Å². The van der Waals surface area contributed by atoms with E-state index < -0.39 is 0 Å². The Bertz CT molecular complexity index is 648. The minimum atomic E-state index is 0.359. The quantitative estimate of drug-likeness (QED) is 0.746. The third kappa shape index (κ3) is 2.36. The number of fused-ring (bicyclic) bond motifs is 1. The molecule has 0 atom stereocenters. The second-order valence-corrected chi connectivity index (χ2v) is 4.69. The number of rotatable bonds is 3. The van der Waals surface area contributed by atoms with Crippen molar-refractivity contribution in [3.8, 4) is 5.75 Å². The van der Waals surface area contributed by atoms with Gasteiger partial charge in [0.1, 0.15) is 12.4 Å². The van der Waals surface area contributed by atoms with Crippen LogP contribution in [0.25, 0.3) is 5.65 Å². The molecule has 0 amide bonds. The van der Waals surface area contributed by atoms with Crippen molar-refractivity contribution < 1.29 is 4.74 Å². The van der Waals surface area contributed by atoms with E-state index >= 15 is 0 Å². The zero-order valence-corrected chi connectivity index (χ0v) is 11.0. The lowest BCUT2D eigenvalue weighted by atomic mass is 10.3. The summed E-state index contributed by atoms with van der Waals surface area (Å²) in [4.78, 5) is 4.37. The first kappa shape index (κ1) is 11.2. The molecule has 0 fully saturated rings. The standard InChI is InChI=1S/C13H10BrN3O/c14-10-4-3-5-11(8-10)18-9-12-15-13-6-1-2-7-17(13)16-12/h1-8H,9H2. The number of hydrogen-bond donors (Lipinski definition) is 0. The van der Waals surface area contributed by atoms with Gasteiger partial charge in [0.15, 0.2) is 11.5 Å². The van der Waals surface area contributed by atoms with E-state index in [1.165, 1.54) is 0 Å². The van der Waals surface area contributed by atoms with Crippen molar-refractivity contribution in [1.29, 1.82) is 0 Å². The Hall–Kier alpha value is -1.88. The first-order chi connectivity index (χ1) is 8.81.